The molecule has 144 valence electrons. The average Bonchev–Trinajstić information content (AvgIpc) is 2.76. The first kappa shape index (κ1) is 20.3. The molecule has 2 aromatic rings. The lowest BCUT2D eigenvalue weighted by molar-refractivity contribution is 0.319. The normalized spacial score (nSPS) is 18.5. The van der Waals surface area contributed by atoms with Gasteiger partial charge in [-0.3, -0.25) is 0 Å². The van der Waals surface area contributed by atoms with E-state index in [4.69, 9.17) is 0 Å². The molecule has 0 bridgehead atoms. The van der Waals surface area contributed by atoms with Crippen LogP contribution in [0.25, 0.3) is 0 Å². The Balaban J connectivity index is 1.57. The van der Waals surface area contributed by atoms with Crippen molar-refractivity contribution in [3.8, 4) is 23.7 Å². The van der Waals surface area contributed by atoms with Crippen LogP contribution in [-0.4, -0.2) is 0 Å². The topological polar surface area (TPSA) is 0 Å². The first-order chi connectivity index (χ1) is 13.8. The van der Waals surface area contributed by atoms with E-state index in [1.54, 1.807) is 0 Å². The van der Waals surface area contributed by atoms with E-state index in [0.29, 0.717) is 0 Å². The van der Waals surface area contributed by atoms with Crippen LogP contribution in [0.4, 0.5) is 0 Å². The van der Waals surface area contributed by atoms with Crippen LogP contribution in [0.2, 0.25) is 0 Å². The Morgan fingerprint density at radius 1 is 0.714 bits per heavy atom. The van der Waals surface area contributed by atoms with Crippen LogP contribution in [-0.2, 0) is 0 Å². The molecule has 1 fully saturated rings. The Labute approximate surface area is 171 Å². The van der Waals surface area contributed by atoms with E-state index in [1.807, 2.05) is 0 Å². The van der Waals surface area contributed by atoms with E-state index in [1.165, 1.54) is 50.5 Å². The molecule has 0 aromatic heterocycles. The number of hydrogen-bond donors (Lipinski definition) is 0. The summed E-state index contributed by atoms with van der Waals surface area (Å²) in [6.07, 6.45) is 10.2. The molecule has 0 nitrogen and oxygen atoms in total. The highest BCUT2D eigenvalue weighted by Gasteiger charge is 2.20. The van der Waals surface area contributed by atoms with E-state index in [0.717, 1.165) is 34.9 Å². The van der Waals surface area contributed by atoms with Gasteiger partial charge in [-0.2, -0.15) is 0 Å². The predicted molar refractivity (Wildman–Crippen MR) is 120 cm³/mol. The second kappa shape index (κ2) is 10.8. The number of unbranched alkanes of at least 4 members (excludes halogenated alkanes) is 2. The van der Waals surface area contributed by atoms with Gasteiger partial charge in [0.15, 0.2) is 0 Å². The van der Waals surface area contributed by atoms with Gasteiger partial charge in [0.25, 0.3) is 0 Å². The van der Waals surface area contributed by atoms with E-state index >= 15 is 0 Å². The standard InChI is InChI=1S/C28H32/c1-3-5-6-7-8-24-9-11-25(12-10-24)13-14-26-17-21-28(22-18-26)27-19-15-23(4-2)16-20-27/h9-12,17-18,21-23,27H,3-6,15-16,19-20H2,1-2H3/t23-,27-. The Morgan fingerprint density at radius 2 is 1.25 bits per heavy atom. The van der Waals surface area contributed by atoms with Crippen molar-refractivity contribution in [1.82, 2.24) is 0 Å². The third-order valence-corrected chi connectivity index (χ3v) is 5.93. The van der Waals surface area contributed by atoms with Gasteiger partial charge in [-0.25, -0.2) is 0 Å². The molecule has 28 heavy (non-hydrogen) atoms. The third-order valence-electron chi connectivity index (χ3n) is 5.93. The summed E-state index contributed by atoms with van der Waals surface area (Å²) < 4.78 is 0. The van der Waals surface area contributed by atoms with Crippen molar-refractivity contribution < 1.29 is 0 Å². The summed E-state index contributed by atoms with van der Waals surface area (Å²) in [6.45, 7) is 4.52. The molecule has 0 spiro atoms. The van der Waals surface area contributed by atoms with Gasteiger partial charge in [0, 0.05) is 23.1 Å². The molecular weight excluding hydrogens is 336 g/mol. The fourth-order valence-corrected chi connectivity index (χ4v) is 3.95. The van der Waals surface area contributed by atoms with Crippen LogP contribution >= 0.6 is 0 Å². The number of benzene rings is 2. The smallest absolute Gasteiger partial charge is 0.0249 e. The van der Waals surface area contributed by atoms with Crippen molar-refractivity contribution in [2.75, 3.05) is 0 Å². The molecule has 1 saturated carbocycles. The Hall–Kier alpha value is -2.44. The summed E-state index contributed by atoms with van der Waals surface area (Å²) in [5.41, 5.74) is 4.70. The molecule has 0 heteroatoms. The lowest BCUT2D eigenvalue weighted by Gasteiger charge is -2.28. The van der Waals surface area contributed by atoms with Gasteiger partial charge in [0.1, 0.15) is 0 Å². The number of rotatable bonds is 4. The Bertz CT molecular complexity index is 839. The molecule has 0 atom stereocenters. The zero-order valence-corrected chi connectivity index (χ0v) is 17.4. The molecule has 3 rings (SSSR count). The lowest BCUT2D eigenvalue weighted by atomic mass is 9.78. The minimum absolute atomic E-state index is 0.746. The molecule has 0 N–H and O–H groups in total. The van der Waals surface area contributed by atoms with Crippen molar-refractivity contribution in [3.63, 3.8) is 0 Å². The molecule has 0 unspecified atom stereocenters. The summed E-state index contributed by atoms with van der Waals surface area (Å²) in [6, 6.07) is 17.2. The molecule has 0 amide bonds. The monoisotopic (exact) mass is 368 g/mol. The quantitative estimate of drug-likeness (QED) is 0.392. The Kier molecular flexibility index (Phi) is 7.82. The molecule has 0 aliphatic heterocycles. The summed E-state index contributed by atoms with van der Waals surface area (Å²) in [4.78, 5) is 0. The maximum absolute atomic E-state index is 3.30. The largest absolute Gasteiger partial charge is 0.0979 e. The minimum atomic E-state index is 0.746. The fraction of sp³-hybridized carbons (Fsp3) is 0.429. The molecule has 1 aliphatic rings. The van der Waals surface area contributed by atoms with Crippen molar-refractivity contribution >= 4 is 0 Å². The Morgan fingerprint density at radius 3 is 1.79 bits per heavy atom. The second-order valence-corrected chi connectivity index (χ2v) is 7.98. The first-order valence-electron chi connectivity index (χ1n) is 11.0. The first-order valence-corrected chi connectivity index (χ1v) is 11.0. The highest BCUT2D eigenvalue weighted by Crippen LogP contribution is 2.36. The summed E-state index contributed by atoms with van der Waals surface area (Å²) in [5, 5.41) is 0. The molecular formula is C28H32. The van der Waals surface area contributed by atoms with Gasteiger partial charge < -0.3 is 0 Å². The average molecular weight is 369 g/mol. The van der Waals surface area contributed by atoms with Crippen molar-refractivity contribution in [2.45, 2.75) is 71.1 Å². The molecule has 1 aliphatic carbocycles. The summed E-state index contributed by atoms with van der Waals surface area (Å²) >= 11 is 0. The van der Waals surface area contributed by atoms with Crippen LogP contribution < -0.4 is 0 Å². The minimum Gasteiger partial charge on any atom is -0.0979 e. The second-order valence-electron chi connectivity index (χ2n) is 7.98. The van der Waals surface area contributed by atoms with Crippen molar-refractivity contribution in [1.29, 1.82) is 0 Å². The SMILES string of the molecule is CCCCC#Cc1ccc(C#Cc2ccc([C@H]3CC[C@H](CC)CC3)cc2)cc1. The van der Waals surface area contributed by atoms with Gasteiger partial charge in [-0.05, 0) is 85.9 Å². The number of hydrogen-bond acceptors (Lipinski definition) is 0. The summed E-state index contributed by atoms with van der Waals surface area (Å²) in [7, 11) is 0. The maximum Gasteiger partial charge on any atom is 0.0249 e. The molecule has 0 radical (unpaired) electrons. The maximum atomic E-state index is 3.30. The van der Waals surface area contributed by atoms with Crippen LogP contribution in [0.15, 0.2) is 48.5 Å². The van der Waals surface area contributed by atoms with E-state index in [2.05, 4.69) is 86.1 Å². The molecule has 2 aromatic carbocycles. The van der Waals surface area contributed by atoms with Gasteiger partial charge in [0.2, 0.25) is 0 Å². The highest BCUT2D eigenvalue weighted by atomic mass is 14.3. The van der Waals surface area contributed by atoms with Crippen LogP contribution in [0, 0.1) is 29.6 Å². The van der Waals surface area contributed by atoms with Gasteiger partial charge in [-0.15, -0.1) is 0 Å². The molecule has 0 heterocycles. The zero-order valence-electron chi connectivity index (χ0n) is 17.4. The van der Waals surface area contributed by atoms with Crippen LogP contribution in [0.3, 0.4) is 0 Å². The highest BCUT2D eigenvalue weighted by molar-refractivity contribution is 5.46. The summed E-state index contributed by atoms with van der Waals surface area (Å²) in [5.74, 6) is 14.7. The van der Waals surface area contributed by atoms with E-state index in [9.17, 15) is 0 Å². The zero-order chi connectivity index (χ0) is 19.6. The van der Waals surface area contributed by atoms with Crippen molar-refractivity contribution in [2.24, 2.45) is 5.92 Å². The van der Waals surface area contributed by atoms with Crippen LogP contribution in [0.5, 0.6) is 0 Å². The van der Waals surface area contributed by atoms with Gasteiger partial charge in [0.05, 0.1) is 0 Å². The third kappa shape index (κ3) is 6.04. The van der Waals surface area contributed by atoms with E-state index < -0.39 is 0 Å². The fourth-order valence-electron chi connectivity index (χ4n) is 3.95. The lowest BCUT2D eigenvalue weighted by Crippen LogP contribution is -2.12. The van der Waals surface area contributed by atoms with Gasteiger partial charge in [-0.1, -0.05) is 62.5 Å². The van der Waals surface area contributed by atoms with Crippen molar-refractivity contribution in [3.05, 3.63) is 70.8 Å². The predicted octanol–water partition coefficient (Wildman–Crippen LogP) is 7.31. The van der Waals surface area contributed by atoms with E-state index in [-0.39, 0.29) is 0 Å². The van der Waals surface area contributed by atoms with Gasteiger partial charge >= 0.3 is 0 Å². The van der Waals surface area contributed by atoms with Crippen LogP contribution in [0.1, 0.15) is 93.4 Å². The molecule has 0 saturated heterocycles.